The molecule has 2 heterocycles. The standard InChI is InChI=1S/C44H76Br2N4/c1-11-39(33(3)4)21-19-37(9)47-41-25-29-49(30-26-41)43(45)23-17-35(7)15-13-14-16-36(8)18-24-44(46)50-31-27-42(28-32-50)48-38(10)20-22-40(12-2)34(5)6/h25-40,43-44H,11-24H2,1-10H3/p+2. The van der Waals surface area contributed by atoms with E-state index in [0.717, 1.165) is 48.3 Å². The van der Waals surface area contributed by atoms with Gasteiger partial charge in [0.2, 0.25) is 9.90 Å². The summed E-state index contributed by atoms with van der Waals surface area (Å²) in [6.07, 6.45) is 26.7. The van der Waals surface area contributed by atoms with Crippen molar-refractivity contribution in [3.8, 4) is 0 Å². The molecule has 0 fully saturated rings. The van der Waals surface area contributed by atoms with Crippen molar-refractivity contribution in [3.63, 3.8) is 0 Å². The Labute approximate surface area is 327 Å². The zero-order valence-electron chi connectivity index (χ0n) is 33.9. The normalized spacial score (nSPS) is 16.8. The molecule has 2 rings (SSSR count). The number of nitrogens with zero attached hydrogens (tertiary/aromatic N) is 2. The highest BCUT2D eigenvalue weighted by Crippen LogP contribution is 2.27. The molecule has 0 aliphatic heterocycles. The third-order valence-corrected chi connectivity index (χ3v) is 13.4. The first-order chi connectivity index (χ1) is 23.8. The third-order valence-electron chi connectivity index (χ3n) is 11.5. The Balaban J connectivity index is 1.60. The first kappa shape index (κ1) is 45.0. The second kappa shape index (κ2) is 25.0. The van der Waals surface area contributed by atoms with Crippen LogP contribution in [0.15, 0.2) is 49.1 Å². The van der Waals surface area contributed by atoms with Gasteiger partial charge in [-0.15, -0.1) is 0 Å². The Bertz CT molecular complexity index is 1030. The van der Waals surface area contributed by atoms with E-state index in [0.29, 0.717) is 22.0 Å². The van der Waals surface area contributed by atoms with E-state index < -0.39 is 0 Å². The van der Waals surface area contributed by atoms with Crippen molar-refractivity contribution in [2.45, 2.75) is 181 Å². The lowest BCUT2D eigenvalue weighted by atomic mass is 9.88. The van der Waals surface area contributed by atoms with Gasteiger partial charge in [0, 0.05) is 60.6 Å². The Morgan fingerprint density at radius 1 is 0.480 bits per heavy atom. The summed E-state index contributed by atoms with van der Waals surface area (Å²) in [6, 6.07) is 9.94. The minimum absolute atomic E-state index is 0.354. The maximum atomic E-state index is 3.96. The Morgan fingerprint density at radius 2 is 0.820 bits per heavy atom. The molecule has 0 saturated heterocycles. The van der Waals surface area contributed by atoms with Crippen molar-refractivity contribution >= 4 is 43.2 Å². The molecule has 0 aliphatic carbocycles. The van der Waals surface area contributed by atoms with Crippen molar-refractivity contribution in [2.24, 2.45) is 35.5 Å². The van der Waals surface area contributed by atoms with Crippen LogP contribution in [0.25, 0.3) is 0 Å². The van der Waals surface area contributed by atoms with Gasteiger partial charge in [0.05, 0.1) is 0 Å². The summed E-state index contributed by atoms with van der Waals surface area (Å²) in [6.45, 7) is 23.6. The molecule has 8 atom stereocenters. The molecule has 2 aromatic rings. The van der Waals surface area contributed by atoms with E-state index in [1.807, 2.05) is 0 Å². The molecule has 0 amide bonds. The molecule has 286 valence electrons. The average molecular weight is 823 g/mol. The van der Waals surface area contributed by atoms with Crippen LogP contribution in [0.1, 0.15) is 169 Å². The molecule has 2 N–H and O–H groups in total. The summed E-state index contributed by atoms with van der Waals surface area (Å²) in [5, 5.41) is 7.43. The summed E-state index contributed by atoms with van der Waals surface area (Å²) < 4.78 is 4.63. The van der Waals surface area contributed by atoms with E-state index in [-0.39, 0.29) is 0 Å². The second-order valence-corrected chi connectivity index (χ2v) is 18.8. The smallest absolute Gasteiger partial charge is 0.212 e. The van der Waals surface area contributed by atoms with E-state index in [1.54, 1.807) is 0 Å². The first-order valence-electron chi connectivity index (χ1n) is 20.6. The van der Waals surface area contributed by atoms with Crippen LogP contribution in [0.3, 0.4) is 0 Å². The number of anilines is 2. The van der Waals surface area contributed by atoms with E-state index >= 15 is 0 Å². The highest BCUT2D eigenvalue weighted by molar-refractivity contribution is 9.09. The molecule has 4 nitrogen and oxygen atoms in total. The predicted octanol–water partition coefficient (Wildman–Crippen LogP) is 13.7. The van der Waals surface area contributed by atoms with E-state index in [1.165, 1.54) is 88.4 Å². The van der Waals surface area contributed by atoms with Crippen molar-refractivity contribution in [1.82, 2.24) is 0 Å². The molecule has 2 aromatic heterocycles. The number of aromatic nitrogens is 2. The fourth-order valence-electron chi connectivity index (χ4n) is 7.52. The van der Waals surface area contributed by atoms with E-state index in [9.17, 15) is 0 Å². The summed E-state index contributed by atoms with van der Waals surface area (Å²) in [5.74, 6) is 4.75. The van der Waals surface area contributed by atoms with Gasteiger partial charge in [-0.2, -0.15) is 9.13 Å². The number of nitrogens with one attached hydrogen (secondary N) is 2. The number of rotatable bonds is 27. The molecule has 8 unspecified atom stereocenters. The van der Waals surface area contributed by atoms with Gasteiger partial charge in [0.25, 0.3) is 0 Å². The topological polar surface area (TPSA) is 31.8 Å². The van der Waals surface area contributed by atoms with Gasteiger partial charge in [-0.1, -0.05) is 93.9 Å². The zero-order chi connectivity index (χ0) is 37.1. The maximum absolute atomic E-state index is 3.96. The number of halogens is 2. The Hall–Kier alpha value is -1.14. The molecular formula is C44H78Br2N4+2. The van der Waals surface area contributed by atoms with Gasteiger partial charge in [-0.3, -0.25) is 0 Å². The third kappa shape index (κ3) is 18.1. The fraction of sp³-hybridized carbons (Fsp3) is 0.773. The van der Waals surface area contributed by atoms with Crippen molar-refractivity contribution in [2.75, 3.05) is 10.6 Å². The first-order valence-corrected chi connectivity index (χ1v) is 22.5. The lowest BCUT2D eigenvalue weighted by molar-refractivity contribution is -0.698. The fourth-order valence-corrected chi connectivity index (χ4v) is 8.59. The molecule has 0 spiro atoms. The van der Waals surface area contributed by atoms with Crippen LogP contribution in [0, 0.1) is 35.5 Å². The van der Waals surface area contributed by atoms with E-state index in [2.05, 4.69) is 170 Å². The predicted molar refractivity (Wildman–Crippen MR) is 226 cm³/mol. The molecule has 0 aromatic carbocycles. The summed E-state index contributed by atoms with van der Waals surface area (Å²) >= 11 is 7.92. The monoisotopic (exact) mass is 820 g/mol. The van der Waals surface area contributed by atoms with Gasteiger partial charge in [0.1, 0.15) is 0 Å². The molecule has 6 heteroatoms. The summed E-state index contributed by atoms with van der Waals surface area (Å²) in [5.41, 5.74) is 2.45. The van der Waals surface area contributed by atoms with Crippen molar-refractivity contribution in [3.05, 3.63) is 49.1 Å². The number of hydrogen-bond donors (Lipinski definition) is 2. The molecular weight excluding hydrogens is 744 g/mol. The van der Waals surface area contributed by atoms with Crippen LogP contribution in [0.4, 0.5) is 11.4 Å². The van der Waals surface area contributed by atoms with Gasteiger partial charge in [-0.05, 0) is 120 Å². The van der Waals surface area contributed by atoms with Crippen LogP contribution in [-0.4, -0.2) is 12.1 Å². The number of unbranched alkanes of at least 4 members (excludes halogenated alkanes) is 1. The molecule has 50 heavy (non-hydrogen) atoms. The van der Waals surface area contributed by atoms with Crippen LogP contribution >= 0.6 is 31.9 Å². The number of hydrogen-bond acceptors (Lipinski definition) is 2. The zero-order valence-corrected chi connectivity index (χ0v) is 37.1. The van der Waals surface area contributed by atoms with E-state index in [4.69, 9.17) is 0 Å². The van der Waals surface area contributed by atoms with Crippen molar-refractivity contribution < 1.29 is 9.13 Å². The quantitative estimate of drug-likeness (QED) is 0.0534. The van der Waals surface area contributed by atoms with Crippen LogP contribution in [-0.2, 0) is 0 Å². The summed E-state index contributed by atoms with van der Waals surface area (Å²) in [4.78, 5) is 0.708. The van der Waals surface area contributed by atoms with Gasteiger partial charge < -0.3 is 10.6 Å². The molecule has 0 radical (unpaired) electrons. The lowest BCUT2D eigenvalue weighted by Gasteiger charge is -2.22. The number of pyridine rings is 2. The highest BCUT2D eigenvalue weighted by Gasteiger charge is 2.19. The van der Waals surface area contributed by atoms with Crippen LogP contribution in [0.5, 0.6) is 0 Å². The van der Waals surface area contributed by atoms with Gasteiger partial charge in [0.15, 0.2) is 24.8 Å². The SMILES string of the molecule is CCC(CCC(C)Nc1cc[n+](C(Br)CCC(C)CCCCC(C)CCC(Br)[n+]2ccc(NC(C)CCC(CC)C(C)C)cc2)cc1)C(C)C. The highest BCUT2D eigenvalue weighted by atomic mass is 79.9. The maximum Gasteiger partial charge on any atom is 0.212 e. The lowest BCUT2D eigenvalue weighted by Crippen LogP contribution is -2.35. The molecule has 0 aliphatic rings. The Kier molecular flexibility index (Phi) is 22.5. The average Bonchev–Trinajstić information content (AvgIpc) is 3.08. The Morgan fingerprint density at radius 3 is 1.12 bits per heavy atom. The second-order valence-electron chi connectivity index (χ2n) is 16.7. The summed E-state index contributed by atoms with van der Waals surface area (Å²) in [7, 11) is 0. The van der Waals surface area contributed by atoms with Crippen molar-refractivity contribution in [1.29, 1.82) is 0 Å². The van der Waals surface area contributed by atoms with Crippen LogP contribution in [0.2, 0.25) is 0 Å². The largest absolute Gasteiger partial charge is 0.382 e. The van der Waals surface area contributed by atoms with Gasteiger partial charge >= 0.3 is 0 Å². The molecule has 0 bridgehead atoms. The minimum Gasteiger partial charge on any atom is -0.382 e. The van der Waals surface area contributed by atoms with Crippen LogP contribution < -0.4 is 19.8 Å². The van der Waals surface area contributed by atoms with Gasteiger partial charge in [-0.25, -0.2) is 0 Å². The minimum atomic E-state index is 0.354. The molecule has 0 saturated carbocycles. The number of alkyl halides is 2.